The third-order valence-electron chi connectivity index (χ3n) is 3.09. The second-order valence-electron chi connectivity index (χ2n) is 4.54. The van der Waals surface area contributed by atoms with E-state index in [1.807, 2.05) is 16.8 Å². The highest BCUT2D eigenvalue weighted by molar-refractivity contribution is 7.08. The number of amides is 2. The zero-order valence-electron chi connectivity index (χ0n) is 10.4. The van der Waals surface area contributed by atoms with Crippen LogP contribution < -0.4 is 10.6 Å². The van der Waals surface area contributed by atoms with Gasteiger partial charge >= 0.3 is 0 Å². The summed E-state index contributed by atoms with van der Waals surface area (Å²) in [5.74, 6) is -0.698. The summed E-state index contributed by atoms with van der Waals surface area (Å²) in [6.45, 7) is 0. The number of hydrogen-bond acceptors (Lipinski definition) is 4. The first kappa shape index (κ1) is 12.8. The smallest absolute Gasteiger partial charge is 0.233 e. The molecule has 0 radical (unpaired) electrons. The predicted octanol–water partition coefficient (Wildman–Crippen LogP) is 2.11. The molecule has 20 heavy (non-hydrogen) atoms. The molecule has 1 unspecified atom stereocenters. The van der Waals surface area contributed by atoms with Crippen LogP contribution in [0.2, 0.25) is 0 Å². The van der Waals surface area contributed by atoms with Crippen molar-refractivity contribution in [2.24, 2.45) is 0 Å². The topological polar surface area (TPSA) is 78.4 Å². The fourth-order valence-corrected chi connectivity index (χ4v) is 2.78. The fraction of sp³-hybridized carbons (Fsp3) is 0.143. The molecule has 3 rings (SSSR count). The van der Waals surface area contributed by atoms with E-state index in [1.165, 1.54) is 11.3 Å². The van der Waals surface area contributed by atoms with Gasteiger partial charge in [0, 0.05) is 0 Å². The molecule has 102 valence electrons. The van der Waals surface area contributed by atoms with Crippen LogP contribution in [0.15, 0.2) is 35.0 Å². The van der Waals surface area contributed by atoms with Crippen molar-refractivity contribution in [2.75, 3.05) is 10.6 Å². The van der Waals surface area contributed by atoms with Gasteiger partial charge in [-0.25, -0.2) is 0 Å². The third-order valence-corrected chi connectivity index (χ3v) is 3.79. The molecule has 1 atom stereocenters. The van der Waals surface area contributed by atoms with Crippen LogP contribution in [-0.2, 0) is 9.59 Å². The normalized spacial score (nSPS) is 15.8. The molecule has 1 aliphatic heterocycles. The number of benzene rings is 1. The van der Waals surface area contributed by atoms with Crippen LogP contribution in [0.1, 0.15) is 23.7 Å². The molecule has 0 saturated heterocycles. The molecule has 2 amide bonds. The maximum Gasteiger partial charge on any atom is 0.233 e. The molecular formula is C14H12N2O3S. The number of rotatable bonds is 2. The second-order valence-corrected chi connectivity index (χ2v) is 5.32. The second kappa shape index (κ2) is 5.07. The third kappa shape index (κ3) is 2.43. The molecule has 1 aliphatic rings. The van der Waals surface area contributed by atoms with E-state index in [0.29, 0.717) is 16.9 Å². The molecule has 0 bridgehead atoms. The van der Waals surface area contributed by atoms with Crippen molar-refractivity contribution in [3.05, 3.63) is 46.2 Å². The van der Waals surface area contributed by atoms with Crippen molar-refractivity contribution in [3.63, 3.8) is 0 Å². The number of aliphatic hydroxyl groups is 1. The number of fused-ring (bicyclic) bond motifs is 1. The minimum absolute atomic E-state index is 0.197. The van der Waals surface area contributed by atoms with Gasteiger partial charge in [-0.3, -0.25) is 9.59 Å². The highest BCUT2D eigenvalue weighted by atomic mass is 32.1. The molecule has 0 aliphatic carbocycles. The van der Waals surface area contributed by atoms with Gasteiger partial charge < -0.3 is 15.7 Å². The summed E-state index contributed by atoms with van der Waals surface area (Å²) >= 11 is 1.51. The fourth-order valence-electron chi connectivity index (χ4n) is 2.10. The molecule has 6 heteroatoms. The van der Waals surface area contributed by atoms with E-state index in [2.05, 4.69) is 10.6 Å². The highest BCUT2D eigenvalue weighted by Crippen LogP contribution is 2.31. The van der Waals surface area contributed by atoms with E-state index in [4.69, 9.17) is 0 Å². The Bertz CT molecular complexity index is 667. The van der Waals surface area contributed by atoms with Crippen molar-refractivity contribution >= 4 is 34.5 Å². The van der Waals surface area contributed by atoms with Gasteiger partial charge in [0.15, 0.2) is 0 Å². The van der Waals surface area contributed by atoms with Gasteiger partial charge in [0.1, 0.15) is 12.5 Å². The lowest BCUT2D eigenvalue weighted by molar-refractivity contribution is -0.123. The first-order chi connectivity index (χ1) is 9.63. The van der Waals surface area contributed by atoms with Crippen LogP contribution in [0.4, 0.5) is 11.4 Å². The molecule has 2 heterocycles. The molecule has 1 aromatic carbocycles. The maximum absolute atomic E-state index is 11.5. The molecule has 0 spiro atoms. The molecule has 0 saturated carbocycles. The number of nitrogens with one attached hydrogen (secondary N) is 2. The molecule has 3 N–H and O–H groups in total. The van der Waals surface area contributed by atoms with Crippen LogP contribution in [0.3, 0.4) is 0 Å². The summed E-state index contributed by atoms with van der Waals surface area (Å²) in [5.41, 5.74) is 2.52. The van der Waals surface area contributed by atoms with Crippen molar-refractivity contribution < 1.29 is 14.7 Å². The van der Waals surface area contributed by atoms with Gasteiger partial charge in [-0.1, -0.05) is 6.07 Å². The summed E-state index contributed by atoms with van der Waals surface area (Å²) in [5, 5.41) is 19.4. The van der Waals surface area contributed by atoms with E-state index in [-0.39, 0.29) is 18.2 Å². The largest absolute Gasteiger partial charge is 0.384 e. The summed E-state index contributed by atoms with van der Waals surface area (Å²) < 4.78 is 0. The average molecular weight is 288 g/mol. The van der Waals surface area contributed by atoms with Gasteiger partial charge in [0.25, 0.3) is 0 Å². The Labute approximate surface area is 119 Å². The lowest BCUT2D eigenvalue weighted by atomic mass is 10.0. The number of thiophene rings is 1. The quantitative estimate of drug-likeness (QED) is 0.741. The minimum atomic E-state index is -0.748. The summed E-state index contributed by atoms with van der Waals surface area (Å²) in [7, 11) is 0. The van der Waals surface area contributed by atoms with Gasteiger partial charge in [-0.15, -0.1) is 0 Å². The van der Waals surface area contributed by atoms with Crippen molar-refractivity contribution in [1.82, 2.24) is 0 Å². The van der Waals surface area contributed by atoms with Gasteiger partial charge in [-0.05, 0) is 40.1 Å². The van der Waals surface area contributed by atoms with E-state index < -0.39 is 6.10 Å². The SMILES string of the molecule is O=C1CC(=O)Nc2cc(C(O)c3ccsc3)ccc2N1. The van der Waals surface area contributed by atoms with E-state index >= 15 is 0 Å². The first-order valence-electron chi connectivity index (χ1n) is 6.07. The molecular weight excluding hydrogens is 276 g/mol. The van der Waals surface area contributed by atoms with E-state index in [9.17, 15) is 14.7 Å². The van der Waals surface area contributed by atoms with E-state index in [1.54, 1.807) is 18.2 Å². The Morgan fingerprint density at radius 1 is 1.05 bits per heavy atom. The van der Waals surface area contributed by atoms with Gasteiger partial charge in [0.2, 0.25) is 11.8 Å². The zero-order chi connectivity index (χ0) is 14.1. The van der Waals surface area contributed by atoms with Crippen molar-refractivity contribution in [3.8, 4) is 0 Å². The van der Waals surface area contributed by atoms with Crippen molar-refractivity contribution in [1.29, 1.82) is 0 Å². The zero-order valence-corrected chi connectivity index (χ0v) is 11.2. The molecule has 1 aromatic heterocycles. The lowest BCUT2D eigenvalue weighted by Crippen LogP contribution is -2.16. The number of carbonyl (C=O) groups is 2. The summed E-state index contributed by atoms with van der Waals surface area (Å²) in [6.07, 6.45) is -0.945. The van der Waals surface area contributed by atoms with Gasteiger partial charge in [-0.2, -0.15) is 11.3 Å². The van der Waals surface area contributed by atoms with Crippen LogP contribution >= 0.6 is 11.3 Å². The highest BCUT2D eigenvalue weighted by Gasteiger charge is 2.20. The standard InChI is InChI=1S/C14H12N2O3S/c17-12-6-13(18)16-11-5-8(1-2-10(11)15-12)14(19)9-3-4-20-7-9/h1-5,7,14,19H,6H2,(H,15,17)(H,16,18). The molecule has 2 aromatic rings. The predicted molar refractivity (Wildman–Crippen MR) is 76.7 cm³/mol. The Morgan fingerprint density at radius 3 is 2.50 bits per heavy atom. The lowest BCUT2D eigenvalue weighted by Gasteiger charge is -2.13. The number of carbonyl (C=O) groups excluding carboxylic acids is 2. The number of hydrogen-bond donors (Lipinski definition) is 3. The average Bonchev–Trinajstić information content (AvgIpc) is 2.88. The molecule has 5 nitrogen and oxygen atoms in total. The van der Waals surface area contributed by atoms with Crippen LogP contribution in [-0.4, -0.2) is 16.9 Å². The summed E-state index contributed by atoms with van der Waals surface area (Å²) in [6, 6.07) is 6.95. The van der Waals surface area contributed by atoms with Crippen LogP contribution in [0.5, 0.6) is 0 Å². The van der Waals surface area contributed by atoms with Crippen molar-refractivity contribution in [2.45, 2.75) is 12.5 Å². The Kier molecular flexibility index (Phi) is 3.25. The summed E-state index contributed by atoms with van der Waals surface area (Å²) in [4.78, 5) is 23.0. The van der Waals surface area contributed by atoms with E-state index in [0.717, 1.165) is 5.56 Å². The first-order valence-corrected chi connectivity index (χ1v) is 7.01. The monoisotopic (exact) mass is 288 g/mol. The Hall–Kier alpha value is -2.18. The maximum atomic E-state index is 11.5. The van der Waals surface area contributed by atoms with Gasteiger partial charge in [0.05, 0.1) is 11.4 Å². The Morgan fingerprint density at radius 2 is 1.80 bits per heavy atom. The number of aliphatic hydroxyl groups excluding tert-OH is 1. The van der Waals surface area contributed by atoms with Crippen LogP contribution in [0, 0.1) is 0 Å². The molecule has 0 fully saturated rings. The minimum Gasteiger partial charge on any atom is -0.384 e. The van der Waals surface area contributed by atoms with Crippen LogP contribution in [0.25, 0.3) is 0 Å². The number of anilines is 2. The Balaban J connectivity index is 1.96.